The van der Waals surface area contributed by atoms with Gasteiger partial charge in [-0.25, -0.2) is 9.18 Å². The minimum atomic E-state index is -2.25. The summed E-state index contributed by atoms with van der Waals surface area (Å²) in [6.07, 6.45) is 1.23. The molecule has 2 aromatic rings. The van der Waals surface area contributed by atoms with Gasteiger partial charge >= 0.3 is 11.8 Å². The van der Waals surface area contributed by atoms with Crippen molar-refractivity contribution in [2.75, 3.05) is 7.11 Å². The van der Waals surface area contributed by atoms with Crippen LogP contribution in [-0.2, 0) is 9.53 Å². The first-order chi connectivity index (χ1) is 10.5. The van der Waals surface area contributed by atoms with Crippen molar-refractivity contribution in [2.45, 2.75) is 5.79 Å². The van der Waals surface area contributed by atoms with Crippen LogP contribution in [0.15, 0.2) is 54.6 Å². The molecular formula is C17H13FO4. The Balaban J connectivity index is 2.21. The van der Waals surface area contributed by atoms with Crippen molar-refractivity contribution in [3.05, 3.63) is 71.6 Å². The van der Waals surface area contributed by atoms with Crippen molar-refractivity contribution in [3.63, 3.8) is 0 Å². The summed E-state index contributed by atoms with van der Waals surface area (Å²) in [4.78, 5) is 11.8. The van der Waals surface area contributed by atoms with Gasteiger partial charge in [-0.2, -0.15) is 0 Å². The average molecular weight is 300 g/mol. The molecule has 0 saturated carbocycles. The number of halogens is 1. The van der Waals surface area contributed by atoms with Gasteiger partial charge < -0.3 is 14.6 Å². The number of esters is 1. The molecule has 0 bridgehead atoms. The smallest absolute Gasteiger partial charge is 0.383 e. The Bertz CT molecular complexity index is 755. The molecule has 1 atom stereocenters. The zero-order valence-electron chi connectivity index (χ0n) is 11.7. The van der Waals surface area contributed by atoms with Gasteiger partial charge in [0.25, 0.3) is 0 Å². The Morgan fingerprint density at radius 1 is 1.23 bits per heavy atom. The number of ether oxygens (including phenoxy) is 2. The molecule has 3 rings (SSSR count). The van der Waals surface area contributed by atoms with E-state index in [9.17, 15) is 14.3 Å². The topological polar surface area (TPSA) is 55.8 Å². The van der Waals surface area contributed by atoms with Crippen LogP contribution in [0, 0.1) is 5.82 Å². The van der Waals surface area contributed by atoms with E-state index in [2.05, 4.69) is 4.74 Å². The second-order valence-electron chi connectivity index (χ2n) is 4.85. The van der Waals surface area contributed by atoms with Crippen LogP contribution in [-0.4, -0.2) is 24.0 Å². The van der Waals surface area contributed by atoms with E-state index in [4.69, 9.17) is 4.74 Å². The monoisotopic (exact) mass is 300 g/mol. The zero-order valence-corrected chi connectivity index (χ0v) is 11.7. The number of hydrogen-bond donors (Lipinski definition) is 1. The van der Waals surface area contributed by atoms with Gasteiger partial charge in [0.05, 0.1) is 7.11 Å². The van der Waals surface area contributed by atoms with Crippen LogP contribution in [0.4, 0.5) is 4.39 Å². The lowest BCUT2D eigenvalue weighted by atomic mass is 9.92. The van der Waals surface area contributed by atoms with E-state index >= 15 is 0 Å². The molecule has 1 aliphatic heterocycles. The van der Waals surface area contributed by atoms with Gasteiger partial charge in [0, 0.05) is 11.6 Å². The summed E-state index contributed by atoms with van der Waals surface area (Å²) in [6.45, 7) is 0. The van der Waals surface area contributed by atoms with Gasteiger partial charge in [-0.1, -0.05) is 30.3 Å². The predicted molar refractivity (Wildman–Crippen MR) is 77.5 cm³/mol. The molecule has 22 heavy (non-hydrogen) atoms. The molecule has 0 radical (unpaired) electrons. The van der Waals surface area contributed by atoms with Crippen LogP contribution in [0.25, 0.3) is 5.57 Å². The van der Waals surface area contributed by atoms with Crippen LogP contribution in [0.1, 0.15) is 11.1 Å². The summed E-state index contributed by atoms with van der Waals surface area (Å²) < 4.78 is 23.5. The first-order valence-corrected chi connectivity index (χ1v) is 6.61. The number of aliphatic hydroxyl groups is 1. The second-order valence-corrected chi connectivity index (χ2v) is 4.85. The summed E-state index contributed by atoms with van der Waals surface area (Å²) in [6, 6.07) is 12.9. The quantitative estimate of drug-likeness (QED) is 0.866. The zero-order chi connectivity index (χ0) is 15.7. The molecule has 4 nitrogen and oxygen atoms in total. The van der Waals surface area contributed by atoms with Crippen LogP contribution in [0.5, 0.6) is 5.75 Å². The van der Waals surface area contributed by atoms with Crippen LogP contribution < -0.4 is 4.74 Å². The van der Waals surface area contributed by atoms with Crippen molar-refractivity contribution in [3.8, 4) is 5.75 Å². The molecule has 0 amide bonds. The highest BCUT2D eigenvalue weighted by Crippen LogP contribution is 2.39. The van der Waals surface area contributed by atoms with Crippen LogP contribution >= 0.6 is 0 Å². The summed E-state index contributed by atoms with van der Waals surface area (Å²) in [7, 11) is 1.15. The molecule has 1 N–H and O–H groups in total. The average Bonchev–Trinajstić information content (AvgIpc) is 2.54. The molecule has 0 spiro atoms. The highest BCUT2D eigenvalue weighted by atomic mass is 19.1. The molecule has 112 valence electrons. The molecule has 1 aliphatic rings. The fraction of sp³-hybridized carbons (Fsp3) is 0.118. The minimum Gasteiger partial charge on any atom is -0.464 e. The Labute approximate surface area is 126 Å². The lowest BCUT2D eigenvalue weighted by Gasteiger charge is -2.30. The molecule has 0 aromatic heterocycles. The number of methoxy groups -OCH3 is 1. The number of benzene rings is 2. The SMILES string of the molecule is COC(=O)C1(O)C=C(c2ccccc2)c2cc(F)ccc2O1. The number of rotatable bonds is 2. The first-order valence-electron chi connectivity index (χ1n) is 6.61. The second kappa shape index (κ2) is 5.27. The van der Waals surface area contributed by atoms with Crippen LogP contribution in [0.3, 0.4) is 0 Å². The maximum Gasteiger partial charge on any atom is 0.383 e. The van der Waals surface area contributed by atoms with Gasteiger partial charge in [-0.05, 0) is 29.3 Å². The van der Waals surface area contributed by atoms with Gasteiger partial charge in [0.2, 0.25) is 0 Å². The number of carbonyl (C=O) groups is 1. The van der Waals surface area contributed by atoms with Crippen molar-refractivity contribution in [2.24, 2.45) is 0 Å². The van der Waals surface area contributed by atoms with Gasteiger partial charge in [0.15, 0.2) is 0 Å². The molecule has 0 fully saturated rings. The van der Waals surface area contributed by atoms with Gasteiger partial charge in [-0.15, -0.1) is 0 Å². The molecule has 1 heterocycles. The van der Waals surface area contributed by atoms with E-state index in [0.717, 1.165) is 12.7 Å². The molecular weight excluding hydrogens is 287 g/mol. The Morgan fingerprint density at radius 3 is 2.64 bits per heavy atom. The highest BCUT2D eigenvalue weighted by Gasteiger charge is 2.42. The number of fused-ring (bicyclic) bond motifs is 1. The van der Waals surface area contributed by atoms with Crippen molar-refractivity contribution < 1.29 is 23.8 Å². The largest absolute Gasteiger partial charge is 0.464 e. The predicted octanol–water partition coefficient (Wildman–Crippen LogP) is 2.51. The molecule has 5 heteroatoms. The number of hydrogen-bond acceptors (Lipinski definition) is 4. The third-order valence-electron chi connectivity index (χ3n) is 3.40. The van der Waals surface area contributed by atoms with Crippen molar-refractivity contribution in [1.29, 1.82) is 0 Å². The normalized spacial score (nSPS) is 19.7. The lowest BCUT2D eigenvalue weighted by molar-refractivity contribution is -0.183. The highest BCUT2D eigenvalue weighted by molar-refractivity contribution is 5.91. The summed E-state index contributed by atoms with van der Waals surface area (Å²) in [5.74, 6) is -3.43. The van der Waals surface area contributed by atoms with E-state index in [0.29, 0.717) is 11.1 Å². The maximum atomic E-state index is 13.6. The standard InChI is InChI=1S/C17H13FO4/c1-21-16(19)17(20)10-14(11-5-3-2-4-6-11)13-9-12(18)7-8-15(13)22-17/h2-10,20H,1H3. The van der Waals surface area contributed by atoms with E-state index in [1.807, 2.05) is 18.2 Å². The van der Waals surface area contributed by atoms with E-state index in [1.54, 1.807) is 12.1 Å². The first kappa shape index (κ1) is 14.3. The van der Waals surface area contributed by atoms with E-state index in [1.165, 1.54) is 24.3 Å². The minimum absolute atomic E-state index is 0.204. The Kier molecular flexibility index (Phi) is 3.42. The number of carbonyl (C=O) groups excluding carboxylic acids is 1. The maximum absolute atomic E-state index is 13.6. The fourth-order valence-corrected chi connectivity index (χ4v) is 2.38. The van der Waals surface area contributed by atoms with Gasteiger partial charge in [-0.3, -0.25) is 0 Å². The van der Waals surface area contributed by atoms with Crippen LogP contribution in [0.2, 0.25) is 0 Å². The summed E-state index contributed by atoms with van der Waals surface area (Å²) >= 11 is 0. The van der Waals surface area contributed by atoms with Crippen molar-refractivity contribution >= 4 is 11.5 Å². The Hall–Kier alpha value is -2.66. The lowest BCUT2D eigenvalue weighted by Crippen LogP contribution is -2.45. The third kappa shape index (κ3) is 2.35. The third-order valence-corrected chi connectivity index (χ3v) is 3.40. The van der Waals surface area contributed by atoms with E-state index in [-0.39, 0.29) is 5.75 Å². The molecule has 1 unspecified atom stereocenters. The summed E-state index contributed by atoms with van der Waals surface area (Å²) in [5, 5.41) is 10.4. The molecule has 2 aromatic carbocycles. The fourth-order valence-electron chi connectivity index (χ4n) is 2.38. The van der Waals surface area contributed by atoms with Gasteiger partial charge in [0.1, 0.15) is 11.6 Å². The molecule has 0 aliphatic carbocycles. The van der Waals surface area contributed by atoms with E-state index < -0.39 is 17.6 Å². The van der Waals surface area contributed by atoms with Crippen molar-refractivity contribution in [1.82, 2.24) is 0 Å². The molecule has 0 saturated heterocycles. The Morgan fingerprint density at radius 2 is 1.95 bits per heavy atom. The summed E-state index contributed by atoms with van der Waals surface area (Å²) in [5.41, 5.74) is 1.68.